The SMILES string of the molecule is CNC1(Cc2cn(C)nn2)CC1. The number of hydrogen-bond donors (Lipinski definition) is 1. The Labute approximate surface area is 72.0 Å². The molecule has 1 saturated carbocycles. The second kappa shape index (κ2) is 2.55. The van der Waals surface area contributed by atoms with Gasteiger partial charge in [0.05, 0.1) is 5.69 Å². The number of nitrogens with one attached hydrogen (secondary N) is 1. The Morgan fingerprint density at radius 3 is 2.83 bits per heavy atom. The third kappa shape index (κ3) is 1.34. The van der Waals surface area contributed by atoms with Crippen LogP contribution in [0.15, 0.2) is 6.20 Å². The van der Waals surface area contributed by atoms with Gasteiger partial charge in [-0.15, -0.1) is 5.10 Å². The number of likely N-dealkylation sites (N-methyl/N-ethyl adjacent to an activating group) is 1. The maximum absolute atomic E-state index is 4.06. The van der Waals surface area contributed by atoms with Gasteiger partial charge in [-0.1, -0.05) is 5.21 Å². The van der Waals surface area contributed by atoms with Crippen molar-refractivity contribution in [1.29, 1.82) is 0 Å². The summed E-state index contributed by atoms with van der Waals surface area (Å²) in [6, 6.07) is 0. The molecule has 66 valence electrons. The highest BCUT2D eigenvalue weighted by atomic mass is 15.4. The molecule has 0 saturated heterocycles. The van der Waals surface area contributed by atoms with Crippen molar-refractivity contribution in [3.63, 3.8) is 0 Å². The molecule has 0 aromatic carbocycles. The van der Waals surface area contributed by atoms with Gasteiger partial charge in [-0.2, -0.15) is 0 Å². The molecule has 1 aliphatic carbocycles. The molecule has 0 unspecified atom stereocenters. The van der Waals surface area contributed by atoms with Gasteiger partial charge in [0.15, 0.2) is 0 Å². The Morgan fingerprint density at radius 2 is 2.42 bits per heavy atom. The average molecular weight is 166 g/mol. The Bertz CT molecular complexity index is 274. The molecule has 12 heavy (non-hydrogen) atoms. The molecular formula is C8H14N4. The van der Waals surface area contributed by atoms with Crippen molar-refractivity contribution in [2.75, 3.05) is 7.05 Å². The molecule has 2 rings (SSSR count). The van der Waals surface area contributed by atoms with Gasteiger partial charge >= 0.3 is 0 Å². The highest BCUT2D eigenvalue weighted by molar-refractivity contribution is 5.10. The first kappa shape index (κ1) is 7.73. The van der Waals surface area contributed by atoms with Gasteiger partial charge < -0.3 is 5.32 Å². The topological polar surface area (TPSA) is 42.7 Å². The van der Waals surface area contributed by atoms with Crippen LogP contribution in [0.5, 0.6) is 0 Å². The summed E-state index contributed by atoms with van der Waals surface area (Å²) in [7, 11) is 3.92. The highest BCUT2D eigenvalue weighted by Gasteiger charge is 2.41. The van der Waals surface area contributed by atoms with Gasteiger partial charge in [0.2, 0.25) is 0 Å². The number of aryl methyl sites for hydroxylation is 1. The molecule has 0 atom stereocenters. The fourth-order valence-electron chi connectivity index (χ4n) is 1.49. The first-order valence-electron chi connectivity index (χ1n) is 4.28. The summed E-state index contributed by atoms with van der Waals surface area (Å²) in [4.78, 5) is 0. The lowest BCUT2D eigenvalue weighted by Gasteiger charge is -2.10. The van der Waals surface area contributed by atoms with Crippen LogP contribution < -0.4 is 5.32 Å². The summed E-state index contributed by atoms with van der Waals surface area (Å²) in [6.45, 7) is 0. The van der Waals surface area contributed by atoms with E-state index in [2.05, 4.69) is 15.6 Å². The lowest BCUT2D eigenvalue weighted by molar-refractivity contribution is 0.541. The Morgan fingerprint density at radius 1 is 1.67 bits per heavy atom. The van der Waals surface area contributed by atoms with E-state index < -0.39 is 0 Å². The molecule has 1 N–H and O–H groups in total. The van der Waals surface area contributed by atoms with E-state index in [-0.39, 0.29) is 0 Å². The van der Waals surface area contributed by atoms with Crippen LogP contribution in [-0.2, 0) is 13.5 Å². The van der Waals surface area contributed by atoms with E-state index in [9.17, 15) is 0 Å². The Kier molecular flexibility index (Phi) is 1.65. The van der Waals surface area contributed by atoms with Crippen molar-refractivity contribution in [3.8, 4) is 0 Å². The lowest BCUT2D eigenvalue weighted by atomic mass is 10.1. The third-order valence-electron chi connectivity index (χ3n) is 2.55. The fourth-order valence-corrected chi connectivity index (χ4v) is 1.49. The second-order valence-electron chi connectivity index (χ2n) is 3.59. The zero-order valence-corrected chi connectivity index (χ0v) is 7.54. The summed E-state index contributed by atoms with van der Waals surface area (Å²) >= 11 is 0. The molecule has 0 radical (unpaired) electrons. The van der Waals surface area contributed by atoms with E-state index in [1.165, 1.54) is 12.8 Å². The number of rotatable bonds is 3. The van der Waals surface area contributed by atoms with E-state index in [0.29, 0.717) is 5.54 Å². The van der Waals surface area contributed by atoms with Crippen LogP contribution in [0, 0.1) is 0 Å². The quantitative estimate of drug-likeness (QED) is 0.693. The molecule has 1 aliphatic rings. The minimum atomic E-state index is 0.343. The van der Waals surface area contributed by atoms with Gasteiger partial charge in [0.25, 0.3) is 0 Å². The predicted octanol–water partition coefficient (Wildman–Crippen LogP) is 0.110. The average Bonchev–Trinajstić information content (AvgIpc) is 2.71. The summed E-state index contributed by atoms with van der Waals surface area (Å²) in [6.07, 6.45) is 5.52. The van der Waals surface area contributed by atoms with Gasteiger partial charge in [0.1, 0.15) is 0 Å². The molecule has 0 amide bonds. The van der Waals surface area contributed by atoms with Gasteiger partial charge in [0, 0.05) is 25.2 Å². The minimum Gasteiger partial charge on any atom is -0.314 e. The number of hydrogen-bond acceptors (Lipinski definition) is 3. The predicted molar refractivity (Wildman–Crippen MR) is 45.7 cm³/mol. The summed E-state index contributed by atoms with van der Waals surface area (Å²) in [5.41, 5.74) is 1.43. The molecule has 0 aliphatic heterocycles. The first-order valence-corrected chi connectivity index (χ1v) is 4.28. The van der Waals surface area contributed by atoms with Crippen LogP contribution >= 0.6 is 0 Å². The van der Waals surface area contributed by atoms with Crippen molar-refractivity contribution in [2.24, 2.45) is 7.05 Å². The summed E-state index contributed by atoms with van der Waals surface area (Å²) in [5.74, 6) is 0. The molecule has 0 spiro atoms. The zero-order valence-electron chi connectivity index (χ0n) is 7.54. The normalized spacial score (nSPS) is 19.5. The van der Waals surface area contributed by atoms with Gasteiger partial charge in [-0.05, 0) is 19.9 Å². The largest absolute Gasteiger partial charge is 0.314 e. The van der Waals surface area contributed by atoms with E-state index in [0.717, 1.165) is 12.1 Å². The number of aromatic nitrogens is 3. The molecule has 1 aromatic heterocycles. The van der Waals surface area contributed by atoms with Gasteiger partial charge in [-0.25, -0.2) is 0 Å². The van der Waals surface area contributed by atoms with Crippen LogP contribution in [0.4, 0.5) is 0 Å². The van der Waals surface area contributed by atoms with Crippen LogP contribution in [0.1, 0.15) is 18.5 Å². The van der Waals surface area contributed by atoms with E-state index >= 15 is 0 Å². The zero-order chi connectivity index (χ0) is 8.60. The maximum atomic E-state index is 4.06. The van der Waals surface area contributed by atoms with Gasteiger partial charge in [-0.3, -0.25) is 4.68 Å². The molecule has 1 fully saturated rings. The molecular weight excluding hydrogens is 152 g/mol. The monoisotopic (exact) mass is 166 g/mol. The minimum absolute atomic E-state index is 0.343. The molecule has 4 nitrogen and oxygen atoms in total. The Hall–Kier alpha value is -0.900. The summed E-state index contributed by atoms with van der Waals surface area (Å²) < 4.78 is 1.75. The molecule has 1 aromatic rings. The number of nitrogens with zero attached hydrogens (tertiary/aromatic N) is 3. The summed E-state index contributed by atoms with van der Waals surface area (Å²) in [5, 5.41) is 11.3. The van der Waals surface area contributed by atoms with E-state index in [1.807, 2.05) is 20.3 Å². The standard InChI is InChI=1S/C8H14N4/c1-9-8(3-4-8)5-7-6-12(2)11-10-7/h6,9H,3-5H2,1-2H3. The molecule has 0 bridgehead atoms. The second-order valence-corrected chi connectivity index (χ2v) is 3.59. The highest BCUT2D eigenvalue weighted by Crippen LogP contribution is 2.37. The smallest absolute Gasteiger partial charge is 0.0845 e. The van der Waals surface area contributed by atoms with Crippen molar-refractivity contribution in [2.45, 2.75) is 24.8 Å². The van der Waals surface area contributed by atoms with Crippen LogP contribution in [0.3, 0.4) is 0 Å². The van der Waals surface area contributed by atoms with Crippen LogP contribution in [0.25, 0.3) is 0 Å². The van der Waals surface area contributed by atoms with Crippen molar-refractivity contribution >= 4 is 0 Å². The van der Waals surface area contributed by atoms with Crippen LogP contribution in [-0.4, -0.2) is 27.6 Å². The van der Waals surface area contributed by atoms with Crippen molar-refractivity contribution in [3.05, 3.63) is 11.9 Å². The Balaban J connectivity index is 2.04. The van der Waals surface area contributed by atoms with Crippen LogP contribution in [0.2, 0.25) is 0 Å². The lowest BCUT2D eigenvalue weighted by Crippen LogP contribution is -2.29. The van der Waals surface area contributed by atoms with E-state index in [1.54, 1.807) is 4.68 Å². The third-order valence-corrected chi connectivity index (χ3v) is 2.55. The van der Waals surface area contributed by atoms with Crippen molar-refractivity contribution < 1.29 is 0 Å². The fraction of sp³-hybridized carbons (Fsp3) is 0.750. The van der Waals surface area contributed by atoms with Crippen molar-refractivity contribution in [1.82, 2.24) is 20.3 Å². The van der Waals surface area contributed by atoms with E-state index in [4.69, 9.17) is 0 Å². The molecule has 4 heteroatoms. The maximum Gasteiger partial charge on any atom is 0.0845 e. The first-order chi connectivity index (χ1) is 5.74. The molecule has 1 heterocycles.